The van der Waals surface area contributed by atoms with Gasteiger partial charge in [0.2, 0.25) is 0 Å². The summed E-state index contributed by atoms with van der Waals surface area (Å²) in [5.74, 6) is 0. The molecule has 0 spiro atoms. The lowest BCUT2D eigenvalue weighted by Gasteiger charge is -2.31. The van der Waals surface area contributed by atoms with Gasteiger partial charge in [0.1, 0.15) is 0 Å². The third kappa shape index (κ3) is 4.72. The van der Waals surface area contributed by atoms with Crippen LogP contribution in [0.5, 0.6) is 0 Å². The first-order chi connectivity index (χ1) is 9.35. The van der Waals surface area contributed by atoms with Gasteiger partial charge in [0.15, 0.2) is 0 Å². The minimum Gasteiger partial charge on any atom is -0.379 e. The predicted octanol–water partition coefficient (Wildman–Crippen LogP) is 3.95. The lowest BCUT2D eigenvalue weighted by atomic mass is 10.2. The number of rotatable bonds is 8. The SMILES string of the molecule is CCOCCOC1CN(CCCBr)Sc2sccc21. The zero-order valence-corrected chi connectivity index (χ0v) is 14.4. The maximum Gasteiger partial charge on any atom is 0.0981 e. The van der Waals surface area contributed by atoms with Crippen LogP contribution in [-0.4, -0.2) is 42.5 Å². The Labute approximate surface area is 131 Å². The van der Waals surface area contributed by atoms with Crippen LogP contribution in [0.1, 0.15) is 25.0 Å². The average Bonchev–Trinajstić information content (AvgIpc) is 2.89. The summed E-state index contributed by atoms with van der Waals surface area (Å²) < 4.78 is 15.1. The molecule has 3 nitrogen and oxygen atoms in total. The first-order valence-corrected chi connectivity index (χ1v) is 9.38. The number of hydrogen-bond acceptors (Lipinski definition) is 5. The van der Waals surface area contributed by atoms with Crippen molar-refractivity contribution in [1.29, 1.82) is 0 Å². The summed E-state index contributed by atoms with van der Waals surface area (Å²) in [5.41, 5.74) is 1.35. The lowest BCUT2D eigenvalue weighted by molar-refractivity contribution is -0.00216. The van der Waals surface area contributed by atoms with E-state index in [0.717, 1.165) is 25.0 Å². The van der Waals surface area contributed by atoms with Crippen molar-refractivity contribution in [3.8, 4) is 0 Å². The van der Waals surface area contributed by atoms with Crippen molar-refractivity contribution in [3.63, 3.8) is 0 Å². The highest BCUT2D eigenvalue weighted by Crippen LogP contribution is 2.41. The third-order valence-electron chi connectivity index (χ3n) is 2.88. The van der Waals surface area contributed by atoms with Crippen molar-refractivity contribution in [3.05, 3.63) is 17.0 Å². The molecule has 1 atom stereocenters. The van der Waals surface area contributed by atoms with Crippen LogP contribution < -0.4 is 0 Å². The number of hydrogen-bond donors (Lipinski definition) is 0. The van der Waals surface area contributed by atoms with Gasteiger partial charge in [0, 0.05) is 30.6 Å². The molecule has 1 aromatic heterocycles. The second-order valence-corrected chi connectivity index (χ2v) is 7.32. The Morgan fingerprint density at radius 3 is 3.16 bits per heavy atom. The molecule has 1 unspecified atom stereocenters. The molecule has 0 N–H and O–H groups in total. The van der Waals surface area contributed by atoms with Crippen molar-refractivity contribution in [2.45, 2.75) is 23.7 Å². The summed E-state index contributed by atoms with van der Waals surface area (Å²) in [7, 11) is 0. The molecule has 108 valence electrons. The Balaban J connectivity index is 1.89. The van der Waals surface area contributed by atoms with Crippen molar-refractivity contribution >= 4 is 39.2 Å². The molecule has 0 fully saturated rings. The Morgan fingerprint density at radius 2 is 2.37 bits per heavy atom. The molecule has 6 heteroatoms. The van der Waals surface area contributed by atoms with Gasteiger partial charge in [0.05, 0.1) is 23.5 Å². The van der Waals surface area contributed by atoms with Crippen LogP contribution >= 0.6 is 39.2 Å². The molecular weight excluding hydrogens is 346 g/mol. The monoisotopic (exact) mass is 365 g/mol. The van der Waals surface area contributed by atoms with Crippen LogP contribution in [0.3, 0.4) is 0 Å². The van der Waals surface area contributed by atoms with Gasteiger partial charge in [-0.1, -0.05) is 15.9 Å². The summed E-state index contributed by atoms with van der Waals surface area (Å²) in [6.45, 7) is 6.18. The molecule has 0 radical (unpaired) electrons. The van der Waals surface area contributed by atoms with E-state index in [2.05, 4.69) is 31.7 Å². The summed E-state index contributed by atoms with van der Waals surface area (Å²) in [6.07, 6.45) is 1.36. The Bertz CT molecular complexity index is 375. The highest BCUT2D eigenvalue weighted by Gasteiger charge is 2.27. The second kappa shape index (κ2) is 8.64. The maximum atomic E-state index is 5.99. The predicted molar refractivity (Wildman–Crippen MR) is 85.3 cm³/mol. The first-order valence-electron chi connectivity index (χ1n) is 6.60. The van der Waals surface area contributed by atoms with Gasteiger partial charge in [0.25, 0.3) is 0 Å². The summed E-state index contributed by atoms with van der Waals surface area (Å²) >= 11 is 7.17. The van der Waals surface area contributed by atoms with Crippen LogP contribution in [0.2, 0.25) is 0 Å². The minimum atomic E-state index is 0.193. The molecule has 0 aliphatic carbocycles. The zero-order valence-electron chi connectivity index (χ0n) is 11.1. The van der Waals surface area contributed by atoms with Crippen molar-refractivity contribution < 1.29 is 9.47 Å². The third-order valence-corrected chi connectivity index (χ3v) is 5.67. The van der Waals surface area contributed by atoms with Gasteiger partial charge in [-0.2, -0.15) is 0 Å². The highest BCUT2D eigenvalue weighted by atomic mass is 79.9. The van der Waals surface area contributed by atoms with Crippen LogP contribution in [0, 0.1) is 0 Å². The van der Waals surface area contributed by atoms with Crippen molar-refractivity contribution in [2.24, 2.45) is 0 Å². The Morgan fingerprint density at radius 1 is 1.47 bits per heavy atom. The Kier molecular flexibility index (Phi) is 7.18. The zero-order chi connectivity index (χ0) is 13.5. The molecule has 0 bridgehead atoms. The number of ether oxygens (including phenoxy) is 2. The van der Waals surface area contributed by atoms with E-state index in [4.69, 9.17) is 9.47 Å². The molecule has 0 saturated heterocycles. The standard InChI is InChI=1S/C13H20BrNO2S2/c1-2-16-7-8-17-12-10-15(6-3-5-14)19-13-11(12)4-9-18-13/h4,9,12H,2-3,5-8,10H2,1H3. The topological polar surface area (TPSA) is 21.7 Å². The molecule has 2 heterocycles. The maximum absolute atomic E-state index is 5.99. The molecule has 1 aliphatic heterocycles. The summed E-state index contributed by atoms with van der Waals surface area (Å²) in [6, 6.07) is 2.19. The van der Waals surface area contributed by atoms with Crippen LogP contribution in [0.25, 0.3) is 0 Å². The molecule has 0 saturated carbocycles. The quantitative estimate of drug-likeness (QED) is 0.395. The fraction of sp³-hybridized carbons (Fsp3) is 0.692. The second-order valence-electron chi connectivity index (χ2n) is 4.24. The van der Waals surface area contributed by atoms with Gasteiger partial charge in [-0.25, -0.2) is 4.31 Å². The number of fused-ring (bicyclic) bond motifs is 1. The van der Waals surface area contributed by atoms with E-state index in [1.165, 1.54) is 16.2 Å². The van der Waals surface area contributed by atoms with E-state index in [0.29, 0.717) is 13.2 Å². The highest BCUT2D eigenvalue weighted by molar-refractivity contribution is 9.09. The van der Waals surface area contributed by atoms with E-state index in [9.17, 15) is 0 Å². The largest absolute Gasteiger partial charge is 0.379 e. The van der Waals surface area contributed by atoms with Gasteiger partial charge >= 0.3 is 0 Å². The molecule has 0 amide bonds. The van der Waals surface area contributed by atoms with E-state index in [1.54, 1.807) is 0 Å². The molecule has 19 heavy (non-hydrogen) atoms. The Hall–Kier alpha value is 0.410. The molecular formula is C13H20BrNO2S2. The number of thiophene rings is 1. The number of halogens is 1. The van der Waals surface area contributed by atoms with Gasteiger partial charge in [-0.05, 0) is 36.7 Å². The fourth-order valence-electron chi connectivity index (χ4n) is 1.97. The van der Waals surface area contributed by atoms with Crippen LogP contribution in [0.15, 0.2) is 15.7 Å². The average molecular weight is 366 g/mol. The van der Waals surface area contributed by atoms with E-state index in [1.807, 2.05) is 30.2 Å². The summed E-state index contributed by atoms with van der Waals surface area (Å²) in [4.78, 5) is 0. The summed E-state index contributed by atoms with van der Waals surface area (Å²) in [5, 5.41) is 3.21. The normalized spacial score (nSPS) is 19.6. The van der Waals surface area contributed by atoms with E-state index >= 15 is 0 Å². The van der Waals surface area contributed by atoms with E-state index < -0.39 is 0 Å². The lowest BCUT2D eigenvalue weighted by Crippen LogP contribution is -2.29. The van der Waals surface area contributed by atoms with Crippen LogP contribution in [0.4, 0.5) is 0 Å². The molecule has 1 aromatic rings. The van der Waals surface area contributed by atoms with E-state index in [-0.39, 0.29) is 6.10 Å². The van der Waals surface area contributed by atoms with Crippen molar-refractivity contribution in [2.75, 3.05) is 38.2 Å². The first kappa shape index (κ1) is 15.8. The number of alkyl halides is 1. The minimum absolute atomic E-state index is 0.193. The fourth-order valence-corrected chi connectivity index (χ4v) is 4.51. The molecule has 1 aliphatic rings. The van der Waals surface area contributed by atoms with Gasteiger partial charge in [-0.3, -0.25) is 0 Å². The van der Waals surface area contributed by atoms with Crippen molar-refractivity contribution in [1.82, 2.24) is 4.31 Å². The van der Waals surface area contributed by atoms with Gasteiger partial charge < -0.3 is 9.47 Å². The number of nitrogens with zero attached hydrogens (tertiary/aromatic N) is 1. The molecule has 0 aromatic carbocycles. The smallest absolute Gasteiger partial charge is 0.0981 e. The van der Waals surface area contributed by atoms with Crippen LogP contribution in [-0.2, 0) is 9.47 Å². The van der Waals surface area contributed by atoms with Gasteiger partial charge in [-0.15, -0.1) is 11.3 Å². The molecule has 2 rings (SSSR count).